The standard InChI is InChI=1S/C22H25N5/c1-16-6-9-20-21(25-16)22(24-15-23-20)27-12-10-26(11-13-27)19-8-7-17-4-2-3-5-18(17)14-19/h2-6,9,15,19H,7-8,10-14H2,1H3. The van der Waals surface area contributed by atoms with Gasteiger partial charge in [0.1, 0.15) is 11.8 Å². The largest absolute Gasteiger partial charge is 0.352 e. The molecule has 5 nitrogen and oxygen atoms in total. The van der Waals surface area contributed by atoms with Crippen molar-refractivity contribution in [1.29, 1.82) is 0 Å². The molecule has 1 saturated heterocycles. The Morgan fingerprint density at radius 3 is 2.59 bits per heavy atom. The van der Waals surface area contributed by atoms with Crippen LogP contribution in [0.1, 0.15) is 23.2 Å². The Bertz CT molecular complexity index is 962. The van der Waals surface area contributed by atoms with Gasteiger partial charge in [0.05, 0.1) is 5.52 Å². The third kappa shape index (κ3) is 3.16. The molecular weight excluding hydrogens is 334 g/mol. The van der Waals surface area contributed by atoms with Gasteiger partial charge in [-0.05, 0) is 49.4 Å². The van der Waals surface area contributed by atoms with Crippen LogP contribution in [0.2, 0.25) is 0 Å². The number of pyridine rings is 1. The molecule has 0 spiro atoms. The van der Waals surface area contributed by atoms with Gasteiger partial charge in [-0.3, -0.25) is 4.90 Å². The maximum absolute atomic E-state index is 4.70. The molecule has 3 aromatic rings. The lowest BCUT2D eigenvalue weighted by molar-refractivity contribution is 0.170. The van der Waals surface area contributed by atoms with Gasteiger partial charge >= 0.3 is 0 Å². The summed E-state index contributed by atoms with van der Waals surface area (Å²) in [5.74, 6) is 0.984. The molecule has 27 heavy (non-hydrogen) atoms. The summed E-state index contributed by atoms with van der Waals surface area (Å²) in [6.45, 7) is 6.20. The van der Waals surface area contributed by atoms with E-state index in [2.05, 4.69) is 44.0 Å². The second kappa shape index (κ2) is 6.89. The number of aromatic nitrogens is 3. The maximum Gasteiger partial charge on any atom is 0.158 e. The third-order valence-corrected chi connectivity index (χ3v) is 6.05. The van der Waals surface area contributed by atoms with Gasteiger partial charge in [-0.1, -0.05) is 24.3 Å². The van der Waals surface area contributed by atoms with Gasteiger partial charge in [0, 0.05) is 37.9 Å². The number of nitrogens with zero attached hydrogens (tertiary/aromatic N) is 5. The Kier molecular flexibility index (Phi) is 4.24. The number of piperazine rings is 1. The molecule has 1 unspecified atom stereocenters. The molecule has 2 aromatic heterocycles. The predicted octanol–water partition coefficient (Wildman–Crippen LogP) is 3.01. The molecule has 1 atom stereocenters. The molecule has 0 bridgehead atoms. The fraction of sp³-hybridized carbons (Fsp3) is 0.409. The van der Waals surface area contributed by atoms with Crippen LogP contribution in [0.25, 0.3) is 11.0 Å². The van der Waals surface area contributed by atoms with E-state index in [1.807, 2.05) is 19.1 Å². The van der Waals surface area contributed by atoms with E-state index in [9.17, 15) is 0 Å². The Balaban J connectivity index is 1.31. The fourth-order valence-electron chi connectivity index (χ4n) is 4.55. The van der Waals surface area contributed by atoms with Crippen molar-refractivity contribution in [2.45, 2.75) is 32.2 Å². The summed E-state index contributed by atoms with van der Waals surface area (Å²) in [7, 11) is 0. The fourth-order valence-corrected chi connectivity index (χ4v) is 4.55. The zero-order valence-electron chi connectivity index (χ0n) is 15.8. The van der Waals surface area contributed by atoms with Crippen molar-refractivity contribution in [1.82, 2.24) is 19.9 Å². The summed E-state index contributed by atoms with van der Waals surface area (Å²) in [5, 5.41) is 0. The highest BCUT2D eigenvalue weighted by Crippen LogP contribution is 2.27. The smallest absolute Gasteiger partial charge is 0.158 e. The number of aryl methyl sites for hydroxylation is 2. The van der Waals surface area contributed by atoms with Crippen molar-refractivity contribution in [2.75, 3.05) is 31.1 Å². The summed E-state index contributed by atoms with van der Waals surface area (Å²) in [6, 6.07) is 13.7. The summed E-state index contributed by atoms with van der Waals surface area (Å²) in [5.41, 5.74) is 5.95. The molecule has 1 fully saturated rings. The van der Waals surface area contributed by atoms with Crippen LogP contribution in [0, 0.1) is 6.92 Å². The highest BCUT2D eigenvalue weighted by molar-refractivity contribution is 5.85. The van der Waals surface area contributed by atoms with Crippen molar-refractivity contribution in [3.63, 3.8) is 0 Å². The molecular formula is C22H25N5. The van der Waals surface area contributed by atoms with Crippen LogP contribution in [0.3, 0.4) is 0 Å². The van der Waals surface area contributed by atoms with Crippen molar-refractivity contribution in [3.05, 3.63) is 59.5 Å². The van der Waals surface area contributed by atoms with E-state index < -0.39 is 0 Å². The third-order valence-electron chi connectivity index (χ3n) is 6.05. The molecule has 138 valence electrons. The van der Waals surface area contributed by atoms with E-state index in [4.69, 9.17) is 4.98 Å². The number of anilines is 1. The lowest BCUT2D eigenvalue weighted by Gasteiger charge is -2.41. The van der Waals surface area contributed by atoms with Gasteiger partial charge in [0.2, 0.25) is 0 Å². The molecule has 0 N–H and O–H groups in total. The van der Waals surface area contributed by atoms with Crippen LogP contribution in [0.5, 0.6) is 0 Å². The van der Waals surface area contributed by atoms with Crippen LogP contribution in [-0.4, -0.2) is 52.1 Å². The highest BCUT2D eigenvalue weighted by atomic mass is 15.3. The summed E-state index contributed by atoms with van der Waals surface area (Å²) < 4.78 is 0. The van der Waals surface area contributed by atoms with Crippen molar-refractivity contribution in [3.8, 4) is 0 Å². The summed E-state index contributed by atoms with van der Waals surface area (Å²) in [6.07, 6.45) is 5.33. The molecule has 1 aliphatic carbocycles. The van der Waals surface area contributed by atoms with Gasteiger partial charge < -0.3 is 4.90 Å². The lowest BCUT2D eigenvalue weighted by atomic mass is 9.87. The average molecular weight is 359 g/mol. The van der Waals surface area contributed by atoms with Crippen LogP contribution < -0.4 is 4.90 Å². The van der Waals surface area contributed by atoms with Gasteiger partial charge in [-0.25, -0.2) is 15.0 Å². The number of fused-ring (bicyclic) bond motifs is 2. The monoisotopic (exact) mass is 359 g/mol. The molecule has 5 heteroatoms. The van der Waals surface area contributed by atoms with Gasteiger partial charge in [-0.15, -0.1) is 0 Å². The minimum Gasteiger partial charge on any atom is -0.352 e. The second-order valence-electron chi connectivity index (χ2n) is 7.71. The first kappa shape index (κ1) is 16.6. The summed E-state index contributed by atoms with van der Waals surface area (Å²) >= 11 is 0. The van der Waals surface area contributed by atoms with E-state index in [0.29, 0.717) is 6.04 Å². The van der Waals surface area contributed by atoms with Gasteiger partial charge in [0.15, 0.2) is 5.82 Å². The number of rotatable bonds is 2. The summed E-state index contributed by atoms with van der Waals surface area (Å²) in [4.78, 5) is 18.7. The number of hydrogen-bond donors (Lipinski definition) is 0. The van der Waals surface area contributed by atoms with Crippen LogP contribution in [0.15, 0.2) is 42.7 Å². The van der Waals surface area contributed by atoms with Crippen LogP contribution >= 0.6 is 0 Å². The Hall–Kier alpha value is -2.53. The molecule has 2 aliphatic rings. The van der Waals surface area contributed by atoms with Gasteiger partial charge in [0.25, 0.3) is 0 Å². The second-order valence-corrected chi connectivity index (χ2v) is 7.71. The van der Waals surface area contributed by atoms with Crippen LogP contribution in [0.4, 0.5) is 5.82 Å². The first-order valence-corrected chi connectivity index (χ1v) is 9.92. The first-order chi connectivity index (χ1) is 13.3. The van der Waals surface area contributed by atoms with E-state index in [1.54, 1.807) is 11.9 Å². The Labute approximate surface area is 160 Å². The normalized spacial score (nSPS) is 20.6. The molecule has 5 rings (SSSR count). The van der Waals surface area contributed by atoms with E-state index >= 15 is 0 Å². The van der Waals surface area contributed by atoms with E-state index in [0.717, 1.165) is 48.7 Å². The molecule has 0 amide bonds. The maximum atomic E-state index is 4.70. The molecule has 3 heterocycles. The zero-order chi connectivity index (χ0) is 18.2. The minimum atomic E-state index is 0.671. The average Bonchev–Trinajstić information content (AvgIpc) is 2.73. The Morgan fingerprint density at radius 1 is 0.926 bits per heavy atom. The van der Waals surface area contributed by atoms with Crippen molar-refractivity contribution >= 4 is 16.9 Å². The minimum absolute atomic E-state index is 0.671. The molecule has 1 aromatic carbocycles. The first-order valence-electron chi connectivity index (χ1n) is 9.92. The van der Waals surface area contributed by atoms with Crippen LogP contribution in [-0.2, 0) is 12.8 Å². The lowest BCUT2D eigenvalue weighted by Crippen LogP contribution is -2.52. The molecule has 0 saturated carbocycles. The SMILES string of the molecule is Cc1ccc2ncnc(N3CCN(C4CCc5ccccc5C4)CC3)c2n1. The zero-order valence-corrected chi connectivity index (χ0v) is 15.8. The predicted molar refractivity (Wildman–Crippen MR) is 108 cm³/mol. The van der Waals surface area contributed by atoms with Gasteiger partial charge in [-0.2, -0.15) is 0 Å². The number of hydrogen-bond acceptors (Lipinski definition) is 5. The topological polar surface area (TPSA) is 45.2 Å². The highest BCUT2D eigenvalue weighted by Gasteiger charge is 2.28. The molecule has 1 aliphatic heterocycles. The molecule has 0 radical (unpaired) electrons. The van der Waals surface area contributed by atoms with E-state index in [1.165, 1.54) is 24.8 Å². The Morgan fingerprint density at radius 2 is 1.74 bits per heavy atom. The van der Waals surface area contributed by atoms with Crippen molar-refractivity contribution < 1.29 is 0 Å². The van der Waals surface area contributed by atoms with Crippen molar-refractivity contribution in [2.24, 2.45) is 0 Å². The quantitative estimate of drug-likeness (QED) is 0.704. The van der Waals surface area contributed by atoms with E-state index in [-0.39, 0.29) is 0 Å². The number of benzene rings is 1.